The molecule has 0 unspecified atom stereocenters. The van der Waals surface area contributed by atoms with Crippen LogP contribution in [-0.2, 0) is 14.3 Å². The molecular formula is C20H24N2O5. The maximum Gasteiger partial charge on any atom is 0.351 e. The number of benzene rings is 1. The van der Waals surface area contributed by atoms with Gasteiger partial charge in [-0.15, -0.1) is 0 Å². The predicted molar refractivity (Wildman–Crippen MR) is 96.1 cm³/mol. The van der Waals surface area contributed by atoms with Crippen molar-refractivity contribution in [2.75, 3.05) is 13.7 Å². The predicted octanol–water partition coefficient (Wildman–Crippen LogP) is 2.44. The van der Waals surface area contributed by atoms with E-state index in [0.717, 1.165) is 19.3 Å². The Kier molecular flexibility index (Phi) is 5.54. The zero-order valence-corrected chi connectivity index (χ0v) is 15.6. The van der Waals surface area contributed by atoms with Gasteiger partial charge in [0.2, 0.25) is 6.10 Å². The first-order chi connectivity index (χ1) is 13.0. The second-order valence-corrected chi connectivity index (χ2v) is 7.04. The maximum atomic E-state index is 12.7. The van der Waals surface area contributed by atoms with Crippen molar-refractivity contribution in [2.24, 2.45) is 0 Å². The Labute approximate surface area is 158 Å². The number of nitrogens with zero attached hydrogens (tertiary/aromatic N) is 2. The molecule has 0 radical (unpaired) electrons. The van der Waals surface area contributed by atoms with Crippen molar-refractivity contribution in [3.05, 3.63) is 24.3 Å². The number of rotatable bonds is 4. The van der Waals surface area contributed by atoms with Crippen LogP contribution in [0.3, 0.4) is 0 Å². The second kappa shape index (κ2) is 7.87. The molecule has 0 bridgehead atoms. The lowest BCUT2D eigenvalue weighted by atomic mass is 9.81. The number of carbonyl (C=O) groups is 2. The molecule has 0 spiro atoms. The molecule has 1 aromatic carbocycles. The number of fused-ring (bicyclic) bond motifs is 1. The van der Waals surface area contributed by atoms with Crippen LogP contribution < -0.4 is 9.47 Å². The van der Waals surface area contributed by atoms with Gasteiger partial charge in [0.05, 0.1) is 6.07 Å². The summed E-state index contributed by atoms with van der Waals surface area (Å²) in [6, 6.07) is 9.35. The van der Waals surface area contributed by atoms with E-state index in [1.165, 1.54) is 11.8 Å². The van der Waals surface area contributed by atoms with E-state index in [2.05, 4.69) is 6.07 Å². The Hall–Kier alpha value is -2.75. The van der Waals surface area contributed by atoms with Crippen LogP contribution in [-0.4, -0.2) is 48.2 Å². The maximum absolute atomic E-state index is 12.7. The Balaban J connectivity index is 1.61. The zero-order valence-electron chi connectivity index (χ0n) is 15.6. The number of para-hydroxylation sites is 2. The largest absolute Gasteiger partial charge is 0.485 e. The first-order valence-corrected chi connectivity index (χ1v) is 9.25. The van der Waals surface area contributed by atoms with Gasteiger partial charge in [-0.05, 0) is 31.9 Å². The first-order valence-electron chi connectivity index (χ1n) is 9.25. The van der Waals surface area contributed by atoms with Gasteiger partial charge in [-0.25, -0.2) is 4.79 Å². The molecule has 1 aromatic rings. The smallest absolute Gasteiger partial charge is 0.351 e. The van der Waals surface area contributed by atoms with E-state index in [1.807, 2.05) is 6.07 Å². The second-order valence-electron chi connectivity index (χ2n) is 7.04. The van der Waals surface area contributed by atoms with E-state index in [4.69, 9.17) is 14.2 Å². The van der Waals surface area contributed by atoms with Crippen LogP contribution >= 0.6 is 0 Å². The highest BCUT2D eigenvalue weighted by Gasteiger charge is 2.41. The standard InChI is InChI=1S/C20H24N2O5/c1-14(18(23)22(2)20(13-21)10-6-3-7-11-20)26-19(24)17-12-25-15-8-4-5-9-16(15)27-17/h4-5,8-9,14,17H,3,6-7,10-12H2,1-2H3/t14-,17+/m0/s1. The summed E-state index contributed by atoms with van der Waals surface area (Å²) in [7, 11) is 1.61. The summed E-state index contributed by atoms with van der Waals surface area (Å²) in [6.45, 7) is 1.54. The third-order valence-corrected chi connectivity index (χ3v) is 5.27. The quantitative estimate of drug-likeness (QED) is 0.754. The topological polar surface area (TPSA) is 88.9 Å². The van der Waals surface area contributed by atoms with E-state index in [1.54, 1.807) is 25.2 Å². The van der Waals surface area contributed by atoms with Crippen molar-refractivity contribution in [3.63, 3.8) is 0 Å². The number of likely N-dealkylation sites (N-methyl/N-ethyl adjacent to an activating group) is 1. The fourth-order valence-corrected chi connectivity index (χ4v) is 3.58. The molecule has 7 nitrogen and oxygen atoms in total. The van der Waals surface area contributed by atoms with Gasteiger partial charge in [0.1, 0.15) is 12.1 Å². The summed E-state index contributed by atoms with van der Waals surface area (Å²) in [6.07, 6.45) is 2.23. The fourth-order valence-electron chi connectivity index (χ4n) is 3.58. The molecule has 0 aromatic heterocycles. The van der Waals surface area contributed by atoms with Gasteiger partial charge in [-0.3, -0.25) is 4.79 Å². The summed E-state index contributed by atoms with van der Waals surface area (Å²) in [4.78, 5) is 26.6. The highest BCUT2D eigenvalue weighted by molar-refractivity contribution is 5.85. The highest BCUT2D eigenvalue weighted by atomic mass is 16.6. The monoisotopic (exact) mass is 372 g/mol. The number of carbonyl (C=O) groups excluding carboxylic acids is 2. The van der Waals surface area contributed by atoms with Crippen molar-refractivity contribution in [3.8, 4) is 17.6 Å². The number of nitriles is 1. The molecule has 144 valence electrons. The summed E-state index contributed by atoms with van der Waals surface area (Å²) in [5.41, 5.74) is -0.820. The Morgan fingerprint density at radius 3 is 2.59 bits per heavy atom. The summed E-state index contributed by atoms with van der Waals surface area (Å²) in [5, 5.41) is 9.63. The minimum Gasteiger partial charge on any atom is -0.485 e. The van der Waals surface area contributed by atoms with Gasteiger partial charge < -0.3 is 19.1 Å². The fraction of sp³-hybridized carbons (Fsp3) is 0.550. The van der Waals surface area contributed by atoms with Crippen molar-refractivity contribution < 1.29 is 23.8 Å². The number of hydrogen-bond acceptors (Lipinski definition) is 6. The third kappa shape index (κ3) is 3.85. The summed E-state index contributed by atoms with van der Waals surface area (Å²) < 4.78 is 16.4. The lowest BCUT2D eigenvalue weighted by molar-refractivity contribution is -0.168. The number of esters is 1. The summed E-state index contributed by atoms with van der Waals surface area (Å²) in [5.74, 6) is -0.0107. The van der Waals surface area contributed by atoms with Crippen molar-refractivity contribution in [2.45, 2.75) is 56.8 Å². The third-order valence-electron chi connectivity index (χ3n) is 5.27. The first kappa shape index (κ1) is 19.0. The van der Waals surface area contributed by atoms with Crippen molar-refractivity contribution in [1.82, 2.24) is 4.90 Å². The molecule has 3 rings (SSSR count). The van der Waals surface area contributed by atoms with Gasteiger partial charge >= 0.3 is 5.97 Å². The van der Waals surface area contributed by atoms with E-state index in [9.17, 15) is 14.9 Å². The average molecular weight is 372 g/mol. The molecule has 1 saturated carbocycles. The molecule has 0 N–H and O–H groups in total. The van der Waals surface area contributed by atoms with Gasteiger partial charge in [-0.1, -0.05) is 31.4 Å². The summed E-state index contributed by atoms with van der Waals surface area (Å²) >= 11 is 0. The zero-order chi connectivity index (χ0) is 19.4. The lowest BCUT2D eigenvalue weighted by Crippen LogP contribution is -2.53. The van der Waals surface area contributed by atoms with Crippen LogP contribution in [0.5, 0.6) is 11.5 Å². The van der Waals surface area contributed by atoms with Crippen LogP contribution in [0.4, 0.5) is 0 Å². The number of hydrogen-bond donors (Lipinski definition) is 0. The molecule has 0 saturated heterocycles. The Morgan fingerprint density at radius 2 is 1.93 bits per heavy atom. The van der Waals surface area contributed by atoms with E-state index < -0.39 is 23.7 Å². The molecule has 1 aliphatic heterocycles. The molecule has 27 heavy (non-hydrogen) atoms. The minimum absolute atomic E-state index is 0.0225. The number of amides is 1. The van der Waals surface area contributed by atoms with Crippen LogP contribution in [0.1, 0.15) is 39.0 Å². The van der Waals surface area contributed by atoms with Gasteiger partial charge in [-0.2, -0.15) is 5.26 Å². The van der Waals surface area contributed by atoms with E-state index in [-0.39, 0.29) is 12.5 Å². The normalized spacial score (nSPS) is 21.4. The average Bonchev–Trinajstić information content (AvgIpc) is 2.72. The molecule has 2 atom stereocenters. The van der Waals surface area contributed by atoms with Crippen LogP contribution in [0.15, 0.2) is 24.3 Å². The van der Waals surface area contributed by atoms with Crippen molar-refractivity contribution in [1.29, 1.82) is 5.26 Å². The highest BCUT2D eigenvalue weighted by Crippen LogP contribution is 2.33. The molecule has 2 aliphatic rings. The van der Waals surface area contributed by atoms with Gasteiger partial charge in [0.25, 0.3) is 5.91 Å². The molecule has 1 fully saturated rings. The SMILES string of the molecule is C[C@H](OC(=O)[C@H]1COc2ccccc2O1)C(=O)N(C)C1(C#N)CCCCC1. The lowest BCUT2D eigenvalue weighted by Gasteiger charge is -2.40. The molecule has 1 heterocycles. The van der Waals surface area contributed by atoms with Crippen LogP contribution in [0.2, 0.25) is 0 Å². The minimum atomic E-state index is -1.00. The van der Waals surface area contributed by atoms with Gasteiger partial charge in [0.15, 0.2) is 17.6 Å². The Bertz CT molecular complexity index is 751. The molecular weight excluding hydrogens is 348 g/mol. The van der Waals surface area contributed by atoms with Crippen molar-refractivity contribution >= 4 is 11.9 Å². The van der Waals surface area contributed by atoms with E-state index >= 15 is 0 Å². The molecule has 1 amide bonds. The molecule has 7 heteroatoms. The molecule has 1 aliphatic carbocycles. The number of ether oxygens (including phenoxy) is 3. The van der Waals surface area contributed by atoms with Crippen LogP contribution in [0.25, 0.3) is 0 Å². The van der Waals surface area contributed by atoms with E-state index in [0.29, 0.717) is 24.3 Å². The van der Waals surface area contributed by atoms with Crippen LogP contribution in [0, 0.1) is 11.3 Å². The Morgan fingerprint density at radius 1 is 1.26 bits per heavy atom. The van der Waals surface area contributed by atoms with Gasteiger partial charge in [0, 0.05) is 7.05 Å².